The van der Waals surface area contributed by atoms with Crippen LogP contribution in [0.15, 0.2) is 48.6 Å². The average Bonchev–Trinajstić information content (AvgIpc) is 3.19. The fraction of sp³-hybridized carbons (Fsp3) is 0.755. The van der Waals surface area contributed by atoms with E-state index in [9.17, 15) is 19.2 Å². The van der Waals surface area contributed by atoms with Crippen molar-refractivity contribution in [2.75, 3.05) is 46.1 Å². The molecule has 0 saturated carbocycles. The molecule has 4 unspecified atom stereocenters. The highest BCUT2D eigenvalue weighted by Crippen LogP contribution is 2.35. The predicted molar refractivity (Wildman–Crippen MR) is 245 cm³/mol. The molecule has 0 aromatic carbocycles. The molecule has 3 N–H and O–H groups in total. The molecule has 59 heavy (non-hydrogen) atoms. The maximum absolute atomic E-state index is 13.1. The van der Waals surface area contributed by atoms with Crippen LogP contribution in [-0.2, 0) is 33.4 Å². The summed E-state index contributed by atoms with van der Waals surface area (Å²) < 4.78 is 16.9. The summed E-state index contributed by atoms with van der Waals surface area (Å²) in [7, 11) is 0. The Labute approximate surface area is 360 Å². The Morgan fingerprint density at radius 1 is 0.576 bits per heavy atom. The van der Waals surface area contributed by atoms with E-state index in [0.717, 1.165) is 101 Å². The third-order valence-electron chi connectivity index (χ3n) is 11.2. The van der Waals surface area contributed by atoms with Gasteiger partial charge in [0.2, 0.25) is 0 Å². The topological polar surface area (TPSA) is 132 Å². The molecule has 0 saturated heterocycles. The predicted octanol–water partition coefficient (Wildman–Crippen LogP) is 9.86. The molecule has 0 aliphatic carbocycles. The van der Waals surface area contributed by atoms with Crippen molar-refractivity contribution in [3.63, 3.8) is 0 Å². The Balaban J connectivity index is 4.85. The van der Waals surface area contributed by atoms with Gasteiger partial charge in [-0.2, -0.15) is 0 Å². The highest BCUT2D eigenvalue weighted by atomic mass is 16.5. The second-order valence-electron chi connectivity index (χ2n) is 17.2. The summed E-state index contributed by atoms with van der Waals surface area (Å²) in [6.45, 7) is 33.3. The van der Waals surface area contributed by atoms with Gasteiger partial charge in [-0.05, 0) is 124 Å². The van der Waals surface area contributed by atoms with Gasteiger partial charge in [-0.1, -0.05) is 70.1 Å². The van der Waals surface area contributed by atoms with E-state index in [2.05, 4.69) is 70.0 Å². The summed E-state index contributed by atoms with van der Waals surface area (Å²) in [5.41, 5.74) is 2.97. The van der Waals surface area contributed by atoms with E-state index >= 15 is 0 Å². The first-order valence-corrected chi connectivity index (χ1v) is 22.8. The molecule has 0 aliphatic heterocycles. The number of nitrogens with one attached hydrogen (secondary N) is 3. The Morgan fingerprint density at radius 2 is 1.20 bits per heavy atom. The fourth-order valence-electron chi connectivity index (χ4n) is 6.68. The number of carbonyl (C=O) groups excluding carboxylic acids is 4. The molecule has 0 aliphatic rings. The number of hydrogen-bond donors (Lipinski definition) is 3. The molecule has 0 amide bonds. The van der Waals surface area contributed by atoms with E-state index < -0.39 is 0 Å². The number of carbonyl (C=O) groups is 4. The smallest absolute Gasteiger partial charge is 0.333 e. The van der Waals surface area contributed by atoms with Gasteiger partial charge >= 0.3 is 11.9 Å². The first-order valence-electron chi connectivity index (χ1n) is 22.8. The molecule has 0 aromatic heterocycles. The second-order valence-corrected chi connectivity index (χ2v) is 17.2. The quantitative estimate of drug-likeness (QED) is 0.0237. The molecule has 10 nitrogen and oxygen atoms in total. The molecule has 0 rings (SSSR count). The first-order chi connectivity index (χ1) is 28.0. The molecular weight excluding hydrogens is 743 g/mol. The fourth-order valence-corrected chi connectivity index (χ4v) is 6.68. The van der Waals surface area contributed by atoms with Crippen LogP contribution in [0.3, 0.4) is 0 Å². The van der Waals surface area contributed by atoms with E-state index in [1.54, 1.807) is 13.8 Å². The lowest BCUT2D eigenvalue weighted by atomic mass is 9.76. The van der Waals surface area contributed by atoms with Gasteiger partial charge in [0.15, 0.2) is 5.78 Å². The van der Waals surface area contributed by atoms with Gasteiger partial charge in [0.05, 0.1) is 26.2 Å². The van der Waals surface area contributed by atoms with Gasteiger partial charge in [-0.15, -0.1) is 0 Å². The lowest BCUT2D eigenvalue weighted by Crippen LogP contribution is -2.32. The van der Waals surface area contributed by atoms with Crippen molar-refractivity contribution in [1.29, 1.82) is 0 Å². The third kappa shape index (κ3) is 31.6. The minimum atomic E-state index is -0.347. The van der Waals surface area contributed by atoms with E-state index in [1.807, 2.05) is 6.92 Å². The number of unbranched alkanes of at least 4 members (excludes halogenated alkanes) is 5. The van der Waals surface area contributed by atoms with Crippen LogP contribution in [0.1, 0.15) is 170 Å². The van der Waals surface area contributed by atoms with Crippen molar-refractivity contribution in [3.05, 3.63) is 48.6 Å². The van der Waals surface area contributed by atoms with E-state index in [-0.39, 0.29) is 41.0 Å². The molecule has 10 heteroatoms. The zero-order valence-corrected chi connectivity index (χ0v) is 38.8. The summed E-state index contributed by atoms with van der Waals surface area (Å²) in [5.74, 6) is -0.220. The highest BCUT2D eigenvalue weighted by molar-refractivity contribution is 5.94. The molecule has 0 fully saturated rings. The van der Waals surface area contributed by atoms with Gasteiger partial charge in [0, 0.05) is 68.1 Å². The Morgan fingerprint density at radius 3 is 1.83 bits per heavy atom. The van der Waals surface area contributed by atoms with Gasteiger partial charge in [-0.3, -0.25) is 14.4 Å². The number of rotatable bonds is 41. The second kappa shape index (κ2) is 34.8. The summed E-state index contributed by atoms with van der Waals surface area (Å²) in [5, 5.41) is 10.5. The SMILES string of the molecule is C=C(C)C(=C)CCCCCC(C)NCCC(=O)OCC(CC)(CCCCCNC(C)COCCCC(=O)C(=C)C)CCC(=O)CCNC(C)CCCCOC(=O)C(=C)C. The third-order valence-corrected chi connectivity index (χ3v) is 11.2. The van der Waals surface area contributed by atoms with Crippen LogP contribution in [0.2, 0.25) is 0 Å². The number of Topliss-reactive ketones (excluding diaryl/α,β-unsaturated/α-hetero) is 2. The van der Waals surface area contributed by atoms with Crippen LogP contribution < -0.4 is 16.0 Å². The van der Waals surface area contributed by atoms with Gasteiger partial charge in [0.1, 0.15) is 5.78 Å². The van der Waals surface area contributed by atoms with Crippen molar-refractivity contribution in [2.24, 2.45) is 5.41 Å². The van der Waals surface area contributed by atoms with Crippen molar-refractivity contribution >= 4 is 23.5 Å². The van der Waals surface area contributed by atoms with Crippen molar-refractivity contribution < 1.29 is 33.4 Å². The van der Waals surface area contributed by atoms with Crippen LogP contribution >= 0.6 is 0 Å². The van der Waals surface area contributed by atoms with Crippen molar-refractivity contribution in [1.82, 2.24) is 16.0 Å². The molecule has 0 radical (unpaired) electrons. The maximum atomic E-state index is 13.1. The summed E-state index contributed by atoms with van der Waals surface area (Å²) >= 11 is 0. The van der Waals surface area contributed by atoms with E-state index in [4.69, 9.17) is 14.2 Å². The van der Waals surface area contributed by atoms with E-state index in [1.165, 1.54) is 0 Å². The molecular formula is C49H87N3O7. The van der Waals surface area contributed by atoms with Crippen LogP contribution in [0.25, 0.3) is 0 Å². The molecule has 0 spiro atoms. The van der Waals surface area contributed by atoms with Crippen LogP contribution in [0, 0.1) is 5.41 Å². The normalized spacial score (nSPS) is 13.8. The number of ether oxygens (including phenoxy) is 3. The van der Waals surface area contributed by atoms with Gasteiger partial charge in [-0.25, -0.2) is 4.79 Å². The zero-order valence-electron chi connectivity index (χ0n) is 38.8. The standard InChI is InChI=1S/C49H87N3O7/c1-12-49(29-18-14-19-31-50-44(11)36-57-34-21-25-46(54)39(4)5,30-26-45(53)27-32-51-43(10)24-17-20-35-58-48(56)40(6)7)37-59-47(55)28-33-52-42(9)23-16-13-15-22-41(8)38(2)3/h42-44,50-52H,2,4,6,8,12-37H2,1,3,5,7,9-11H3. The largest absolute Gasteiger partial charge is 0.465 e. The number of ketones is 2. The number of hydrogen-bond acceptors (Lipinski definition) is 10. The number of allylic oxidation sites excluding steroid dienone is 3. The highest BCUT2D eigenvalue weighted by Gasteiger charge is 2.30. The van der Waals surface area contributed by atoms with Gasteiger partial charge in [0.25, 0.3) is 0 Å². The minimum Gasteiger partial charge on any atom is -0.465 e. The lowest BCUT2D eigenvalue weighted by Gasteiger charge is -2.32. The number of esters is 2. The molecule has 4 atom stereocenters. The molecule has 0 heterocycles. The average molecular weight is 830 g/mol. The van der Waals surface area contributed by atoms with Crippen molar-refractivity contribution in [2.45, 2.75) is 189 Å². The van der Waals surface area contributed by atoms with Crippen LogP contribution in [-0.4, -0.2) is 87.7 Å². The van der Waals surface area contributed by atoms with Crippen LogP contribution in [0.4, 0.5) is 0 Å². The summed E-state index contributed by atoms with van der Waals surface area (Å²) in [4.78, 5) is 49.3. The Kier molecular flexibility index (Phi) is 33.0. The molecule has 0 bridgehead atoms. The minimum absolute atomic E-state index is 0.0949. The molecule has 0 aromatic rings. The summed E-state index contributed by atoms with van der Waals surface area (Å²) in [6, 6.07) is 0.813. The first kappa shape index (κ1) is 56.1. The lowest BCUT2D eigenvalue weighted by molar-refractivity contribution is -0.148. The van der Waals surface area contributed by atoms with E-state index in [0.29, 0.717) is 95.2 Å². The summed E-state index contributed by atoms with van der Waals surface area (Å²) in [6.07, 6.45) is 16.1. The van der Waals surface area contributed by atoms with Gasteiger partial charge < -0.3 is 30.2 Å². The molecule has 340 valence electrons. The maximum Gasteiger partial charge on any atom is 0.333 e. The van der Waals surface area contributed by atoms with Crippen molar-refractivity contribution in [3.8, 4) is 0 Å². The monoisotopic (exact) mass is 830 g/mol. The van der Waals surface area contributed by atoms with Crippen LogP contribution in [0.5, 0.6) is 0 Å². The Hall–Kier alpha value is -2.92. The zero-order chi connectivity index (χ0) is 44.5. The Bertz CT molecular complexity index is 1200.